The van der Waals surface area contributed by atoms with Gasteiger partial charge in [-0.2, -0.15) is 4.98 Å². The molecular weight excluding hydrogens is 317 g/mol. The molecule has 0 aliphatic heterocycles. The number of rotatable bonds is 5. The van der Waals surface area contributed by atoms with Crippen molar-refractivity contribution in [2.75, 3.05) is 0 Å². The van der Waals surface area contributed by atoms with Crippen molar-refractivity contribution in [2.24, 2.45) is 0 Å². The van der Waals surface area contributed by atoms with Gasteiger partial charge in [-0.1, -0.05) is 29.1 Å². The van der Waals surface area contributed by atoms with Crippen LogP contribution >= 0.6 is 11.8 Å². The molecule has 0 saturated heterocycles. The number of aromatic nitrogens is 5. The van der Waals surface area contributed by atoms with Gasteiger partial charge in [0.25, 0.3) is 0 Å². The number of benzene rings is 1. The number of nitrogens with one attached hydrogen (secondary N) is 1. The maximum absolute atomic E-state index is 13.8. The van der Waals surface area contributed by atoms with Crippen LogP contribution in [0.3, 0.4) is 0 Å². The average Bonchev–Trinajstić information content (AvgIpc) is 3.10. The molecule has 6 nitrogen and oxygen atoms in total. The highest BCUT2D eigenvalue weighted by Gasteiger charge is 2.30. The molecule has 1 aromatic carbocycles. The number of halogens is 1. The van der Waals surface area contributed by atoms with E-state index in [2.05, 4.69) is 25.3 Å². The molecule has 3 aromatic rings. The van der Waals surface area contributed by atoms with Crippen LogP contribution in [0.1, 0.15) is 42.6 Å². The van der Waals surface area contributed by atoms with Gasteiger partial charge in [-0.15, -0.1) is 5.10 Å². The van der Waals surface area contributed by atoms with E-state index in [-0.39, 0.29) is 11.1 Å². The lowest BCUT2D eigenvalue weighted by molar-refractivity contribution is 0.375. The molecule has 118 valence electrons. The van der Waals surface area contributed by atoms with Crippen LogP contribution in [-0.4, -0.2) is 25.3 Å². The lowest BCUT2D eigenvalue weighted by atomic mass is 10.2. The molecule has 1 fully saturated rings. The Morgan fingerprint density at radius 2 is 2.13 bits per heavy atom. The van der Waals surface area contributed by atoms with Crippen molar-refractivity contribution in [3.05, 3.63) is 41.8 Å². The first-order valence-electron chi connectivity index (χ1n) is 7.38. The van der Waals surface area contributed by atoms with Crippen LogP contribution in [0.4, 0.5) is 4.39 Å². The molecule has 1 saturated carbocycles. The van der Waals surface area contributed by atoms with Crippen molar-refractivity contribution >= 4 is 11.8 Å². The minimum atomic E-state index is -0.334. The van der Waals surface area contributed by atoms with Crippen molar-refractivity contribution < 1.29 is 8.91 Å². The zero-order chi connectivity index (χ0) is 15.8. The summed E-state index contributed by atoms with van der Waals surface area (Å²) in [7, 11) is 0. The third-order valence-electron chi connectivity index (χ3n) is 3.62. The molecule has 1 aliphatic carbocycles. The molecule has 4 rings (SSSR count). The lowest BCUT2D eigenvalue weighted by Crippen LogP contribution is -1.91. The van der Waals surface area contributed by atoms with Crippen molar-refractivity contribution in [3.63, 3.8) is 0 Å². The molecule has 0 bridgehead atoms. The molecule has 1 aliphatic rings. The standard InChI is InChI=1S/C15H14FN5OS/c1-8(14-17-12(21-22-14)9-6-7-9)23-15-18-13(19-20-15)10-4-2-3-5-11(10)16/h2-5,8-9H,6-7H2,1H3,(H,18,19,20). The fourth-order valence-electron chi connectivity index (χ4n) is 2.20. The average molecular weight is 331 g/mol. The summed E-state index contributed by atoms with van der Waals surface area (Å²) < 4.78 is 19.1. The molecule has 0 amide bonds. The van der Waals surface area contributed by atoms with Gasteiger partial charge in [0, 0.05) is 5.92 Å². The Balaban J connectivity index is 1.49. The highest BCUT2D eigenvalue weighted by atomic mass is 32.2. The van der Waals surface area contributed by atoms with E-state index >= 15 is 0 Å². The van der Waals surface area contributed by atoms with E-state index in [4.69, 9.17) is 4.52 Å². The molecule has 0 radical (unpaired) electrons. The van der Waals surface area contributed by atoms with Gasteiger partial charge in [0.05, 0.1) is 10.8 Å². The summed E-state index contributed by atoms with van der Waals surface area (Å²) in [6, 6.07) is 6.45. The largest absolute Gasteiger partial charge is 0.338 e. The summed E-state index contributed by atoms with van der Waals surface area (Å²) in [6.07, 6.45) is 2.26. The van der Waals surface area contributed by atoms with E-state index in [1.54, 1.807) is 18.2 Å². The maximum Gasteiger partial charge on any atom is 0.239 e. The third kappa shape index (κ3) is 2.98. The predicted octanol–water partition coefficient (Wildman–Crippen LogP) is 3.72. The summed E-state index contributed by atoms with van der Waals surface area (Å²) in [5.74, 6) is 1.88. The number of hydrogen-bond donors (Lipinski definition) is 1. The zero-order valence-electron chi connectivity index (χ0n) is 12.4. The Labute approximate surface area is 135 Å². The lowest BCUT2D eigenvalue weighted by Gasteiger charge is -2.01. The van der Waals surface area contributed by atoms with Crippen LogP contribution in [0, 0.1) is 5.82 Å². The van der Waals surface area contributed by atoms with E-state index in [1.807, 2.05) is 6.92 Å². The Kier molecular flexibility index (Phi) is 3.60. The molecule has 1 atom stereocenters. The van der Waals surface area contributed by atoms with Crippen molar-refractivity contribution in [1.29, 1.82) is 0 Å². The fourth-order valence-corrected chi connectivity index (χ4v) is 2.96. The Morgan fingerprint density at radius 1 is 1.30 bits per heavy atom. The summed E-state index contributed by atoms with van der Waals surface area (Å²) in [4.78, 5) is 8.75. The first kappa shape index (κ1) is 14.4. The van der Waals surface area contributed by atoms with E-state index in [1.165, 1.54) is 17.8 Å². The number of thioether (sulfide) groups is 1. The van der Waals surface area contributed by atoms with Crippen molar-refractivity contribution in [2.45, 2.75) is 36.1 Å². The summed E-state index contributed by atoms with van der Waals surface area (Å²) in [5.41, 5.74) is 0.397. The smallest absolute Gasteiger partial charge is 0.239 e. The van der Waals surface area contributed by atoms with Gasteiger partial charge in [0.2, 0.25) is 11.0 Å². The maximum atomic E-state index is 13.8. The molecule has 0 spiro atoms. The van der Waals surface area contributed by atoms with Crippen LogP contribution in [0.25, 0.3) is 11.4 Å². The van der Waals surface area contributed by atoms with Gasteiger partial charge in [0.1, 0.15) is 5.82 Å². The monoisotopic (exact) mass is 331 g/mol. The minimum absolute atomic E-state index is 0.0701. The van der Waals surface area contributed by atoms with Gasteiger partial charge in [-0.05, 0) is 31.9 Å². The fraction of sp³-hybridized carbons (Fsp3) is 0.333. The first-order chi connectivity index (χ1) is 11.2. The van der Waals surface area contributed by atoms with Crippen LogP contribution in [0.5, 0.6) is 0 Å². The second-order valence-corrected chi connectivity index (χ2v) is 6.78. The van der Waals surface area contributed by atoms with E-state index in [0.717, 1.165) is 18.7 Å². The SMILES string of the molecule is CC(Sc1n[nH]c(-c2ccccc2F)n1)c1nc(C2CC2)no1. The Hall–Kier alpha value is -2.22. The normalized spacial score (nSPS) is 15.7. The third-order valence-corrected chi connectivity index (χ3v) is 4.57. The highest BCUT2D eigenvalue weighted by Crippen LogP contribution is 2.40. The number of H-pyrrole nitrogens is 1. The van der Waals surface area contributed by atoms with Crippen LogP contribution in [0.2, 0.25) is 0 Å². The number of aromatic amines is 1. The predicted molar refractivity (Wildman–Crippen MR) is 82.3 cm³/mol. The molecule has 2 aromatic heterocycles. The van der Waals surface area contributed by atoms with Gasteiger partial charge in [-0.25, -0.2) is 9.37 Å². The second-order valence-electron chi connectivity index (χ2n) is 5.47. The zero-order valence-corrected chi connectivity index (χ0v) is 13.2. The number of nitrogens with zero attached hydrogens (tertiary/aromatic N) is 4. The summed E-state index contributed by atoms with van der Waals surface area (Å²) >= 11 is 1.39. The highest BCUT2D eigenvalue weighted by molar-refractivity contribution is 7.99. The molecule has 1 unspecified atom stereocenters. The molecule has 2 heterocycles. The molecule has 8 heteroatoms. The van der Waals surface area contributed by atoms with Crippen LogP contribution in [-0.2, 0) is 0 Å². The Bertz CT molecular complexity index is 829. The summed E-state index contributed by atoms with van der Waals surface area (Å²) in [5, 5.41) is 11.3. The van der Waals surface area contributed by atoms with E-state index in [0.29, 0.717) is 28.4 Å². The van der Waals surface area contributed by atoms with Gasteiger partial charge < -0.3 is 4.52 Å². The Morgan fingerprint density at radius 3 is 2.91 bits per heavy atom. The van der Waals surface area contributed by atoms with Crippen LogP contribution < -0.4 is 0 Å². The molecule has 1 N–H and O–H groups in total. The topological polar surface area (TPSA) is 80.5 Å². The molecule has 23 heavy (non-hydrogen) atoms. The van der Waals surface area contributed by atoms with E-state index < -0.39 is 0 Å². The first-order valence-corrected chi connectivity index (χ1v) is 8.26. The quantitative estimate of drug-likeness (QED) is 0.718. The van der Waals surface area contributed by atoms with Crippen molar-refractivity contribution in [1.82, 2.24) is 25.3 Å². The second kappa shape index (κ2) is 5.77. The van der Waals surface area contributed by atoms with Gasteiger partial charge in [-0.3, -0.25) is 5.10 Å². The molecular formula is C15H14FN5OS. The van der Waals surface area contributed by atoms with Gasteiger partial charge in [0.15, 0.2) is 11.6 Å². The van der Waals surface area contributed by atoms with E-state index in [9.17, 15) is 4.39 Å². The number of hydrogen-bond acceptors (Lipinski definition) is 6. The van der Waals surface area contributed by atoms with Crippen LogP contribution in [0.15, 0.2) is 33.9 Å². The van der Waals surface area contributed by atoms with Gasteiger partial charge >= 0.3 is 0 Å². The summed E-state index contributed by atoms with van der Waals surface area (Å²) in [6.45, 7) is 1.95. The minimum Gasteiger partial charge on any atom is -0.338 e. The van der Waals surface area contributed by atoms with Crippen molar-refractivity contribution in [3.8, 4) is 11.4 Å².